The molecule has 0 fully saturated rings. The van der Waals surface area contributed by atoms with Gasteiger partial charge in [-0.05, 0) is 30.2 Å². The fourth-order valence-corrected chi connectivity index (χ4v) is 2.17. The summed E-state index contributed by atoms with van der Waals surface area (Å²) in [6.45, 7) is 4.06. The number of nitrogens with zero attached hydrogens (tertiary/aromatic N) is 2. The highest BCUT2D eigenvalue weighted by Crippen LogP contribution is 2.22. The lowest BCUT2D eigenvalue weighted by molar-refractivity contribution is 0.102. The molecule has 2 heterocycles. The van der Waals surface area contributed by atoms with Crippen LogP contribution in [0.15, 0.2) is 36.5 Å². The first-order chi connectivity index (χ1) is 11.0. The molecule has 0 bridgehead atoms. The summed E-state index contributed by atoms with van der Waals surface area (Å²) < 4.78 is 13.0. The van der Waals surface area contributed by atoms with E-state index in [1.165, 1.54) is 18.3 Å². The van der Waals surface area contributed by atoms with E-state index in [2.05, 4.69) is 25.7 Å². The molecule has 0 spiro atoms. The van der Waals surface area contributed by atoms with Gasteiger partial charge in [-0.2, -0.15) is 10.2 Å². The number of carbonyl (C=O) groups is 1. The molecule has 0 saturated heterocycles. The van der Waals surface area contributed by atoms with E-state index in [9.17, 15) is 9.18 Å². The van der Waals surface area contributed by atoms with Crippen molar-refractivity contribution in [1.29, 1.82) is 0 Å². The number of amides is 1. The van der Waals surface area contributed by atoms with Crippen LogP contribution in [-0.2, 0) is 0 Å². The van der Waals surface area contributed by atoms with Crippen LogP contribution in [0.1, 0.15) is 35.8 Å². The van der Waals surface area contributed by atoms with E-state index in [0.29, 0.717) is 22.6 Å². The number of carbonyl (C=O) groups excluding carboxylic acids is 1. The highest BCUT2D eigenvalue weighted by atomic mass is 19.1. The fraction of sp³-hybridized carbons (Fsp3) is 0.188. The zero-order valence-electron chi connectivity index (χ0n) is 12.7. The van der Waals surface area contributed by atoms with Crippen LogP contribution in [0, 0.1) is 5.82 Å². The summed E-state index contributed by atoms with van der Waals surface area (Å²) >= 11 is 0. The van der Waals surface area contributed by atoms with Crippen LogP contribution < -0.4 is 5.32 Å². The number of hydrogen-bond donors (Lipinski definition) is 3. The molecule has 7 heteroatoms. The van der Waals surface area contributed by atoms with Crippen LogP contribution in [0.5, 0.6) is 0 Å². The van der Waals surface area contributed by atoms with Crippen molar-refractivity contribution in [1.82, 2.24) is 20.4 Å². The van der Waals surface area contributed by atoms with Crippen molar-refractivity contribution >= 4 is 11.7 Å². The van der Waals surface area contributed by atoms with Crippen LogP contribution >= 0.6 is 0 Å². The van der Waals surface area contributed by atoms with Crippen molar-refractivity contribution in [3.8, 4) is 11.3 Å². The molecule has 1 amide bonds. The van der Waals surface area contributed by atoms with Crippen LogP contribution in [-0.4, -0.2) is 26.3 Å². The minimum atomic E-state index is -0.336. The third-order valence-electron chi connectivity index (χ3n) is 3.48. The van der Waals surface area contributed by atoms with Crippen LogP contribution in [0.3, 0.4) is 0 Å². The smallest absolute Gasteiger partial charge is 0.260 e. The summed E-state index contributed by atoms with van der Waals surface area (Å²) in [5, 5.41) is 16.3. The van der Waals surface area contributed by atoms with Crippen molar-refractivity contribution < 1.29 is 9.18 Å². The molecule has 0 aliphatic rings. The summed E-state index contributed by atoms with van der Waals surface area (Å²) in [6, 6.07) is 7.64. The first kappa shape index (κ1) is 15.0. The monoisotopic (exact) mass is 313 g/mol. The Balaban J connectivity index is 1.83. The zero-order valence-corrected chi connectivity index (χ0v) is 12.7. The molecule has 0 saturated carbocycles. The molecule has 0 aliphatic carbocycles. The van der Waals surface area contributed by atoms with Crippen LogP contribution in [0.2, 0.25) is 0 Å². The molecule has 0 atom stereocenters. The van der Waals surface area contributed by atoms with E-state index < -0.39 is 0 Å². The molecular weight excluding hydrogens is 297 g/mol. The summed E-state index contributed by atoms with van der Waals surface area (Å²) in [6.07, 6.45) is 1.43. The first-order valence-corrected chi connectivity index (χ1v) is 7.20. The number of aromatic nitrogens is 4. The largest absolute Gasteiger partial charge is 0.305 e. The topological polar surface area (TPSA) is 86.5 Å². The maximum absolute atomic E-state index is 13.0. The van der Waals surface area contributed by atoms with Gasteiger partial charge in [0.25, 0.3) is 5.91 Å². The van der Waals surface area contributed by atoms with E-state index >= 15 is 0 Å². The van der Waals surface area contributed by atoms with E-state index in [4.69, 9.17) is 0 Å². The van der Waals surface area contributed by atoms with Crippen molar-refractivity contribution in [2.24, 2.45) is 0 Å². The Labute approximate surface area is 132 Å². The second-order valence-corrected chi connectivity index (χ2v) is 5.48. The number of anilines is 1. The molecule has 1 aromatic carbocycles. The Bertz CT molecular complexity index is 819. The summed E-state index contributed by atoms with van der Waals surface area (Å²) in [7, 11) is 0. The number of halogens is 1. The van der Waals surface area contributed by atoms with Crippen molar-refractivity contribution in [3.05, 3.63) is 53.6 Å². The van der Waals surface area contributed by atoms with Gasteiger partial charge in [0.05, 0.1) is 17.5 Å². The SMILES string of the molecule is CC(C)c1cc(NC(=O)c2cn[nH]c2-c2ccc(F)cc2)n[nH]1. The maximum atomic E-state index is 13.0. The zero-order chi connectivity index (χ0) is 16.4. The highest BCUT2D eigenvalue weighted by Gasteiger charge is 2.17. The predicted octanol–water partition coefficient (Wildman–Crippen LogP) is 3.31. The predicted molar refractivity (Wildman–Crippen MR) is 84.6 cm³/mol. The molecule has 3 N–H and O–H groups in total. The number of aromatic amines is 2. The maximum Gasteiger partial charge on any atom is 0.260 e. The minimum absolute atomic E-state index is 0.289. The second kappa shape index (κ2) is 6.04. The number of H-pyrrole nitrogens is 2. The van der Waals surface area contributed by atoms with E-state index in [0.717, 1.165) is 5.69 Å². The average Bonchev–Trinajstić information content (AvgIpc) is 3.16. The molecule has 3 rings (SSSR count). The van der Waals surface area contributed by atoms with Gasteiger partial charge in [0, 0.05) is 17.3 Å². The normalized spacial score (nSPS) is 11.0. The van der Waals surface area contributed by atoms with Crippen molar-refractivity contribution in [2.45, 2.75) is 19.8 Å². The van der Waals surface area contributed by atoms with E-state index in [1.807, 2.05) is 13.8 Å². The van der Waals surface area contributed by atoms with E-state index in [-0.39, 0.29) is 17.6 Å². The Morgan fingerprint density at radius 1 is 1.22 bits per heavy atom. The number of rotatable bonds is 4. The molecule has 3 aromatic rings. The Hall–Kier alpha value is -2.96. The summed E-state index contributed by atoms with van der Waals surface area (Å²) in [5.74, 6) is 0.0682. The highest BCUT2D eigenvalue weighted by molar-refractivity contribution is 6.07. The van der Waals surface area contributed by atoms with Gasteiger partial charge in [0.15, 0.2) is 5.82 Å². The Morgan fingerprint density at radius 2 is 1.96 bits per heavy atom. The first-order valence-electron chi connectivity index (χ1n) is 7.20. The van der Waals surface area contributed by atoms with Gasteiger partial charge in [-0.15, -0.1) is 0 Å². The van der Waals surface area contributed by atoms with Gasteiger partial charge in [0.2, 0.25) is 0 Å². The molecule has 0 aliphatic heterocycles. The molecule has 2 aromatic heterocycles. The lowest BCUT2D eigenvalue weighted by Crippen LogP contribution is -2.12. The standard InChI is InChI=1S/C16H16FN5O/c1-9(2)13-7-14(21-20-13)19-16(23)12-8-18-22-15(12)10-3-5-11(17)6-4-10/h3-9H,1-2H3,(H,18,22)(H2,19,20,21,23). The summed E-state index contributed by atoms with van der Waals surface area (Å²) in [4.78, 5) is 12.4. The van der Waals surface area contributed by atoms with Gasteiger partial charge < -0.3 is 5.32 Å². The van der Waals surface area contributed by atoms with Gasteiger partial charge in [-0.1, -0.05) is 13.8 Å². The lowest BCUT2D eigenvalue weighted by atomic mass is 10.1. The fourth-order valence-electron chi connectivity index (χ4n) is 2.17. The molecule has 6 nitrogen and oxygen atoms in total. The van der Waals surface area contributed by atoms with Crippen molar-refractivity contribution in [2.75, 3.05) is 5.32 Å². The average molecular weight is 313 g/mol. The van der Waals surface area contributed by atoms with Crippen LogP contribution in [0.25, 0.3) is 11.3 Å². The third-order valence-corrected chi connectivity index (χ3v) is 3.48. The van der Waals surface area contributed by atoms with Gasteiger partial charge in [-0.3, -0.25) is 15.0 Å². The van der Waals surface area contributed by atoms with Gasteiger partial charge in [0.1, 0.15) is 5.82 Å². The van der Waals surface area contributed by atoms with Crippen LogP contribution in [0.4, 0.5) is 10.2 Å². The molecule has 23 heavy (non-hydrogen) atoms. The number of hydrogen-bond acceptors (Lipinski definition) is 3. The van der Waals surface area contributed by atoms with Crippen molar-refractivity contribution in [3.63, 3.8) is 0 Å². The number of benzene rings is 1. The van der Waals surface area contributed by atoms with Gasteiger partial charge in [-0.25, -0.2) is 4.39 Å². The third kappa shape index (κ3) is 3.13. The lowest BCUT2D eigenvalue weighted by Gasteiger charge is -2.03. The number of nitrogens with one attached hydrogen (secondary N) is 3. The Kier molecular flexibility index (Phi) is 3.92. The summed E-state index contributed by atoms with van der Waals surface area (Å²) in [5.41, 5.74) is 2.51. The quantitative estimate of drug-likeness (QED) is 0.690. The second-order valence-electron chi connectivity index (χ2n) is 5.48. The molecular formula is C16H16FN5O. The van der Waals surface area contributed by atoms with E-state index in [1.54, 1.807) is 18.2 Å². The molecule has 0 radical (unpaired) electrons. The minimum Gasteiger partial charge on any atom is -0.305 e. The van der Waals surface area contributed by atoms with Gasteiger partial charge >= 0.3 is 0 Å². The molecule has 0 unspecified atom stereocenters. The molecule has 118 valence electrons. The Morgan fingerprint density at radius 3 is 2.61 bits per heavy atom.